The molecule has 0 saturated heterocycles. The Hall–Kier alpha value is -0.990. The molecule has 0 amide bonds. The van der Waals surface area contributed by atoms with E-state index in [-0.39, 0.29) is 16.8 Å². The van der Waals surface area contributed by atoms with E-state index in [1.165, 1.54) is 10.9 Å². The molecule has 1 heterocycles. The highest BCUT2D eigenvalue weighted by Crippen LogP contribution is 2.21. The Bertz CT molecular complexity index is 340. The summed E-state index contributed by atoms with van der Waals surface area (Å²) < 4.78 is 1.44. The van der Waals surface area contributed by atoms with E-state index < -0.39 is 17.6 Å². The summed E-state index contributed by atoms with van der Waals surface area (Å²) in [5.41, 5.74) is 0. The third kappa shape index (κ3) is 2.50. The molecule has 0 aliphatic rings. The monoisotopic (exact) mass is 265 g/mol. The molecular formula is C6H8BrN3O4. The summed E-state index contributed by atoms with van der Waals surface area (Å²) in [5.74, 6) is -0.310. The van der Waals surface area contributed by atoms with Crippen LogP contribution in [-0.2, 0) is 6.54 Å². The topological polar surface area (TPSA) is 101 Å². The summed E-state index contributed by atoms with van der Waals surface area (Å²) in [6.45, 7) is -0.395. The first-order chi connectivity index (χ1) is 6.54. The number of aromatic nitrogens is 2. The maximum Gasteiger partial charge on any atom is 0.404 e. The van der Waals surface area contributed by atoms with Crippen LogP contribution in [0.3, 0.4) is 0 Å². The molecule has 0 saturated carbocycles. The van der Waals surface area contributed by atoms with Gasteiger partial charge in [-0.25, -0.2) is 0 Å². The van der Waals surface area contributed by atoms with Crippen LogP contribution in [0.15, 0.2) is 10.7 Å². The van der Waals surface area contributed by atoms with E-state index in [4.69, 9.17) is 10.2 Å². The Morgan fingerprint density at radius 1 is 1.79 bits per heavy atom. The van der Waals surface area contributed by atoms with Crippen molar-refractivity contribution in [2.75, 3.05) is 6.61 Å². The van der Waals surface area contributed by atoms with Crippen molar-refractivity contribution in [2.45, 2.75) is 12.6 Å². The molecule has 0 spiro atoms. The van der Waals surface area contributed by atoms with Crippen LogP contribution in [0.2, 0.25) is 0 Å². The first-order valence-electron chi connectivity index (χ1n) is 3.71. The molecule has 1 aromatic rings. The van der Waals surface area contributed by atoms with Gasteiger partial charge in [0.25, 0.3) is 0 Å². The van der Waals surface area contributed by atoms with E-state index in [0.717, 1.165) is 0 Å². The zero-order chi connectivity index (χ0) is 10.7. The molecule has 2 N–H and O–H groups in total. The van der Waals surface area contributed by atoms with Gasteiger partial charge in [-0.3, -0.25) is 0 Å². The molecule has 1 aromatic heterocycles. The normalized spacial score (nSPS) is 12.8. The number of halogens is 1. The zero-order valence-electron chi connectivity index (χ0n) is 7.00. The van der Waals surface area contributed by atoms with Crippen molar-refractivity contribution in [3.05, 3.63) is 20.8 Å². The summed E-state index contributed by atoms with van der Waals surface area (Å²) in [5, 5.41) is 31.6. The fourth-order valence-electron chi connectivity index (χ4n) is 0.878. The third-order valence-electron chi connectivity index (χ3n) is 1.48. The molecule has 14 heavy (non-hydrogen) atoms. The highest BCUT2D eigenvalue weighted by atomic mass is 79.9. The van der Waals surface area contributed by atoms with Gasteiger partial charge in [0.2, 0.25) is 0 Å². The number of nitrogens with zero attached hydrogens (tertiary/aromatic N) is 3. The first kappa shape index (κ1) is 11.1. The van der Waals surface area contributed by atoms with Crippen molar-refractivity contribution < 1.29 is 15.1 Å². The quantitative estimate of drug-likeness (QED) is 0.585. The molecule has 1 rings (SSSR count). The largest absolute Gasteiger partial charge is 0.404 e. The summed E-state index contributed by atoms with van der Waals surface area (Å²) in [4.78, 5) is 9.75. The van der Waals surface area contributed by atoms with E-state index in [2.05, 4.69) is 21.0 Å². The molecule has 0 aliphatic carbocycles. The van der Waals surface area contributed by atoms with Crippen LogP contribution >= 0.6 is 15.9 Å². The van der Waals surface area contributed by atoms with Gasteiger partial charge in [0.1, 0.15) is 4.47 Å². The molecule has 0 bridgehead atoms. The minimum absolute atomic E-state index is 0.0168. The molecule has 0 fully saturated rings. The second kappa shape index (κ2) is 4.49. The van der Waals surface area contributed by atoms with Crippen LogP contribution < -0.4 is 0 Å². The summed E-state index contributed by atoms with van der Waals surface area (Å²) in [7, 11) is 0. The maximum absolute atomic E-state index is 10.4. The molecule has 7 nitrogen and oxygen atoms in total. The van der Waals surface area contributed by atoms with Crippen LogP contribution in [0.5, 0.6) is 0 Å². The van der Waals surface area contributed by atoms with Crippen molar-refractivity contribution in [3.63, 3.8) is 0 Å². The van der Waals surface area contributed by atoms with E-state index in [1.54, 1.807) is 0 Å². The van der Waals surface area contributed by atoms with Crippen LogP contribution in [-0.4, -0.2) is 37.6 Å². The van der Waals surface area contributed by atoms with Crippen molar-refractivity contribution in [1.82, 2.24) is 9.78 Å². The number of aliphatic hydroxyl groups is 2. The van der Waals surface area contributed by atoms with E-state index in [1.807, 2.05) is 0 Å². The highest BCUT2D eigenvalue weighted by molar-refractivity contribution is 9.10. The molecule has 1 unspecified atom stereocenters. The van der Waals surface area contributed by atoms with Gasteiger partial charge in [0.05, 0.1) is 30.6 Å². The van der Waals surface area contributed by atoms with Gasteiger partial charge in [0, 0.05) is 0 Å². The van der Waals surface area contributed by atoms with Crippen LogP contribution in [0.4, 0.5) is 5.82 Å². The lowest BCUT2D eigenvalue weighted by atomic mass is 10.4. The van der Waals surface area contributed by atoms with Gasteiger partial charge in [-0.2, -0.15) is 4.68 Å². The minimum atomic E-state index is -0.971. The molecule has 0 aliphatic heterocycles. The Labute approximate surface area is 87.2 Å². The lowest BCUT2D eigenvalue weighted by Crippen LogP contribution is -2.20. The number of hydrogen-bond donors (Lipinski definition) is 2. The molecular weight excluding hydrogens is 258 g/mol. The minimum Gasteiger partial charge on any atom is -0.394 e. The van der Waals surface area contributed by atoms with Gasteiger partial charge in [-0.1, -0.05) is 0 Å². The van der Waals surface area contributed by atoms with Crippen molar-refractivity contribution in [3.8, 4) is 0 Å². The molecule has 0 aromatic carbocycles. The highest BCUT2D eigenvalue weighted by Gasteiger charge is 2.19. The predicted octanol–water partition coefficient (Wildman–Crippen LogP) is -0.0930. The lowest BCUT2D eigenvalue weighted by Gasteiger charge is -2.02. The second-order valence-corrected chi connectivity index (χ2v) is 3.47. The van der Waals surface area contributed by atoms with Gasteiger partial charge in [-0.05, 0) is 20.9 Å². The van der Waals surface area contributed by atoms with Crippen molar-refractivity contribution >= 4 is 21.7 Å². The Morgan fingerprint density at radius 3 is 2.86 bits per heavy atom. The fourth-order valence-corrected chi connectivity index (χ4v) is 1.34. The van der Waals surface area contributed by atoms with Crippen molar-refractivity contribution in [2.24, 2.45) is 0 Å². The number of hydrogen-bond acceptors (Lipinski definition) is 5. The van der Waals surface area contributed by atoms with Gasteiger partial charge in [0.15, 0.2) is 0 Å². The van der Waals surface area contributed by atoms with Gasteiger partial charge in [-0.15, -0.1) is 0 Å². The fraction of sp³-hybridized carbons (Fsp3) is 0.500. The van der Waals surface area contributed by atoms with E-state index >= 15 is 0 Å². The number of nitro groups is 1. The molecule has 0 radical (unpaired) electrons. The van der Waals surface area contributed by atoms with E-state index in [9.17, 15) is 10.1 Å². The predicted molar refractivity (Wildman–Crippen MR) is 49.7 cm³/mol. The second-order valence-electron chi connectivity index (χ2n) is 2.62. The summed E-state index contributed by atoms with van der Waals surface area (Å²) in [6, 6.07) is 0. The Kier molecular flexibility index (Phi) is 3.55. The SMILES string of the molecule is O=[N+]([O-])c1nn(CC(O)CO)cc1Br. The van der Waals surface area contributed by atoms with Crippen molar-refractivity contribution in [1.29, 1.82) is 0 Å². The van der Waals surface area contributed by atoms with Gasteiger partial charge >= 0.3 is 5.82 Å². The van der Waals surface area contributed by atoms with E-state index in [0.29, 0.717) is 0 Å². The van der Waals surface area contributed by atoms with Crippen LogP contribution in [0.25, 0.3) is 0 Å². The number of rotatable bonds is 4. The summed E-state index contributed by atoms with van der Waals surface area (Å²) in [6.07, 6.45) is 0.401. The first-order valence-corrected chi connectivity index (χ1v) is 4.50. The number of aliphatic hydroxyl groups excluding tert-OH is 2. The lowest BCUT2D eigenvalue weighted by molar-refractivity contribution is -0.390. The molecule has 1 atom stereocenters. The average molecular weight is 266 g/mol. The molecule has 78 valence electrons. The molecule has 8 heteroatoms. The Balaban J connectivity index is 2.81. The average Bonchev–Trinajstić information content (AvgIpc) is 2.46. The third-order valence-corrected chi connectivity index (χ3v) is 2.04. The Morgan fingerprint density at radius 2 is 2.43 bits per heavy atom. The standard InChI is InChI=1S/C6H8BrN3O4/c7-5-2-9(1-4(12)3-11)8-6(5)10(13)14/h2,4,11-12H,1,3H2. The van der Waals surface area contributed by atoms with Crippen LogP contribution in [0.1, 0.15) is 0 Å². The van der Waals surface area contributed by atoms with Crippen LogP contribution in [0, 0.1) is 10.1 Å². The summed E-state index contributed by atoms with van der Waals surface area (Å²) >= 11 is 2.96. The smallest absolute Gasteiger partial charge is 0.394 e. The zero-order valence-corrected chi connectivity index (χ0v) is 8.59. The maximum atomic E-state index is 10.4. The van der Waals surface area contributed by atoms with Gasteiger partial charge < -0.3 is 20.3 Å².